The topological polar surface area (TPSA) is 14.2 Å². The Bertz CT molecular complexity index is 759. The van der Waals surface area contributed by atoms with E-state index in [4.69, 9.17) is 16.3 Å². The fourth-order valence-electron chi connectivity index (χ4n) is 2.74. The molecular weight excluding hydrogens is 282 g/mol. The van der Waals surface area contributed by atoms with Crippen LogP contribution in [0.5, 0.6) is 5.75 Å². The van der Waals surface area contributed by atoms with Crippen LogP contribution in [0.4, 0.5) is 0 Å². The molecule has 0 N–H and O–H groups in total. The van der Waals surface area contributed by atoms with Gasteiger partial charge in [0.05, 0.1) is 11.2 Å². The van der Waals surface area contributed by atoms with Gasteiger partial charge in [0.1, 0.15) is 12.4 Å². The Balaban J connectivity index is 1.90. The van der Waals surface area contributed by atoms with Gasteiger partial charge in [-0.05, 0) is 49.7 Å². The SMILES string of the molecule is CCn1c(COc2ccc(Cl)cc2)cc2cccc(C)c21. The van der Waals surface area contributed by atoms with Gasteiger partial charge in [0.2, 0.25) is 0 Å². The largest absolute Gasteiger partial charge is 0.487 e. The van der Waals surface area contributed by atoms with E-state index in [2.05, 4.69) is 42.7 Å². The minimum absolute atomic E-state index is 0.559. The smallest absolute Gasteiger partial charge is 0.128 e. The lowest BCUT2D eigenvalue weighted by Crippen LogP contribution is -2.05. The molecule has 0 fully saturated rings. The maximum Gasteiger partial charge on any atom is 0.128 e. The Kier molecular flexibility index (Phi) is 3.89. The predicted molar refractivity (Wildman–Crippen MR) is 88.1 cm³/mol. The summed E-state index contributed by atoms with van der Waals surface area (Å²) in [6.45, 7) is 5.81. The van der Waals surface area contributed by atoms with Gasteiger partial charge in [-0.2, -0.15) is 0 Å². The van der Waals surface area contributed by atoms with Crippen molar-refractivity contribution in [2.24, 2.45) is 0 Å². The second-order valence-corrected chi connectivity index (χ2v) is 5.57. The predicted octanol–water partition coefficient (Wildman–Crippen LogP) is 5.20. The van der Waals surface area contributed by atoms with Crippen LogP contribution < -0.4 is 4.74 Å². The van der Waals surface area contributed by atoms with Gasteiger partial charge in [0, 0.05) is 17.0 Å². The molecule has 108 valence electrons. The van der Waals surface area contributed by atoms with E-state index >= 15 is 0 Å². The number of rotatable bonds is 4. The van der Waals surface area contributed by atoms with E-state index in [1.54, 1.807) is 0 Å². The second kappa shape index (κ2) is 5.82. The lowest BCUT2D eigenvalue weighted by atomic mass is 10.2. The fraction of sp³-hybridized carbons (Fsp3) is 0.222. The van der Waals surface area contributed by atoms with Crippen LogP contribution in [0.2, 0.25) is 5.02 Å². The molecule has 21 heavy (non-hydrogen) atoms. The standard InChI is InChI=1S/C18H18ClNO/c1-3-20-16(11-14-6-4-5-13(2)18(14)20)12-21-17-9-7-15(19)8-10-17/h4-11H,3,12H2,1-2H3. The average molecular weight is 300 g/mol. The highest BCUT2D eigenvalue weighted by atomic mass is 35.5. The van der Waals surface area contributed by atoms with E-state index in [9.17, 15) is 0 Å². The number of ether oxygens (including phenoxy) is 1. The van der Waals surface area contributed by atoms with Gasteiger partial charge in [-0.15, -0.1) is 0 Å². The number of aryl methyl sites for hydroxylation is 2. The highest BCUT2D eigenvalue weighted by molar-refractivity contribution is 6.30. The van der Waals surface area contributed by atoms with Crippen LogP contribution in [0.3, 0.4) is 0 Å². The third kappa shape index (κ3) is 2.77. The molecule has 0 unspecified atom stereocenters. The first kappa shape index (κ1) is 14.0. The first-order valence-corrected chi connectivity index (χ1v) is 7.53. The van der Waals surface area contributed by atoms with Crippen LogP contribution in [-0.2, 0) is 13.2 Å². The van der Waals surface area contributed by atoms with Crippen molar-refractivity contribution >= 4 is 22.5 Å². The summed E-state index contributed by atoms with van der Waals surface area (Å²) < 4.78 is 8.20. The number of para-hydroxylation sites is 1. The second-order valence-electron chi connectivity index (χ2n) is 5.14. The van der Waals surface area contributed by atoms with Gasteiger partial charge < -0.3 is 9.30 Å². The number of hydrogen-bond acceptors (Lipinski definition) is 1. The van der Waals surface area contributed by atoms with Gasteiger partial charge in [0.25, 0.3) is 0 Å². The average Bonchev–Trinajstić information content (AvgIpc) is 2.85. The third-order valence-electron chi connectivity index (χ3n) is 3.72. The van der Waals surface area contributed by atoms with Gasteiger partial charge >= 0.3 is 0 Å². The molecule has 0 aliphatic carbocycles. The molecule has 2 nitrogen and oxygen atoms in total. The zero-order valence-corrected chi connectivity index (χ0v) is 13.0. The van der Waals surface area contributed by atoms with Crippen LogP contribution in [0.15, 0.2) is 48.5 Å². The molecule has 2 aromatic carbocycles. The zero-order chi connectivity index (χ0) is 14.8. The van der Waals surface area contributed by atoms with Crippen molar-refractivity contribution in [1.82, 2.24) is 4.57 Å². The van der Waals surface area contributed by atoms with Crippen LogP contribution in [0.25, 0.3) is 10.9 Å². The minimum Gasteiger partial charge on any atom is -0.487 e. The van der Waals surface area contributed by atoms with Crippen LogP contribution in [-0.4, -0.2) is 4.57 Å². The third-order valence-corrected chi connectivity index (χ3v) is 3.98. The van der Waals surface area contributed by atoms with Crippen molar-refractivity contribution in [1.29, 1.82) is 0 Å². The summed E-state index contributed by atoms with van der Waals surface area (Å²) >= 11 is 5.89. The van der Waals surface area contributed by atoms with E-state index in [0.717, 1.165) is 17.3 Å². The van der Waals surface area contributed by atoms with Crippen molar-refractivity contribution in [3.05, 3.63) is 64.8 Å². The molecule has 3 heteroatoms. The maximum absolute atomic E-state index is 5.89. The summed E-state index contributed by atoms with van der Waals surface area (Å²) in [7, 11) is 0. The van der Waals surface area contributed by atoms with Crippen molar-refractivity contribution < 1.29 is 4.74 Å². The van der Waals surface area contributed by atoms with E-state index in [0.29, 0.717) is 6.61 Å². The molecule has 0 saturated heterocycles. The molecule has 1 aromatic heterocycles. The van der Waals surface area contributed by atoms with E-state index < -0.39 is 0 Å². The summed E-state index contributed by atoms with van der Waals surface area (Å²) in [5.41, 5.74) is 3.79. The number of aromatic nitrogens is 1. The molecule has 0 aliphatic rings. The van der Waals surface area contributed by atoms with Crippen LogP contribution in [0, 0.1) is 6.92 Å². The zero-order valence-electron chi connectivity index (χ0n) is 12.3. The van der Waals surface area contributed by atoms with Gasteiger partial charge in [-0.1, -0.05) is 29.8 Å². The Morgan fingerprint density at radius 2 is 1.86 bits per heavy atom. The van der Waals surface area contributed by atoms with Crippen molar-refractivity contribution in [3.8, 4) is 5.75 Å². The summed E-state index contributed by atoms with van der Waals surface area (Å²) in [5, 5.41) is 1.99. The number of hydrogen-bond donors (Lipinski definition) is 0. The summed E-state index contributed by atoms with van der Waals surface area (Å²) in [6.07, 6.45) is 0. The van der Waals surface area contributed by atoms with E-state index in [1.807, 2.05) is 24.3 Å². The Morgan fingerprint density at radius 3 is 2.57 bits per heavy atom. The minimum atomic E-state index is 0.559. The first-order chi connectivity index (χ1) is 10.2. The Labute approximate surface area is 129 Å². The summed E-state index contributed by atoms with van der Waals surface area (Å²) in [5.74, 6) is 0.837. The lowest BCUT2D eigenvalue weighted by molar-refractivity contribution is 0.296. The maximum atomic E-state index is 5.89. The van der Waals surface area contributed by atoms with Crippen molar-refractivity contribution in [2.45, 2.75) is 27.0 Å². The van der Waals surface area contributed by atoms with Gasteiger partial charge in [-0.3, -0.25) is 0 Å². The van der Waals surface area contributed by atoms with E-state index in [-0.39, 0.29) is 0 Å². The highest BCUT2D eigenvalue weighted by Gasteiger charge is 2.09. The summed E-state index contributed by atoms with van der Waals surface area (Å²) in [4.78, 5) is 0. The number of nitrogens with zero attached hydrogens (tertiary/aromatic N) is 1. The van der Waals surface area contributed by atoms with Gasteiger partial charge in [-0.25, -0.2) is 0 Å². The number of benzene rings is 2. The molecule has 0 amide bonds. The van der Waals surface area contributed by atoms with Crippen molar-refractivity contribution in [2.75, 3.05) is 0 Å². The molecule has 3 rings (SSSR count). The first-order valence-electron chi connectivity index (χ1n) is 7.15. The molecule has 3 aromatic rings. The molecule has 0 atom stereocenters. The molecule has 0 spiro atoms. The van der Waals surface area contributed by atoms with E-state index in [1.165, 1.54) is 22.2 Å². The lowest BCUT2D eigenvalue weighted by Gasteiger charge is -2.11. The van der Waals surface area contributed by atoms with Crippen LogP contribution in [0.1, 0.15) is 18.2 Å². The monoisotopic (exact) mass is 299 g/mol. The molecule has 1 heterocycles. The van der Waals surface area contributed by atoms with Gasteiger partial charge in [0.15, 0.2) is 0 Å². The van der Waals surface area contributed by atoms with Crippen LogP contribution >= 0.6 is 11.6 Å². The molecule has 0 bridgehead atoms. The molecular formula is C18H18ClNO. The number of fused-ring (bicyclic) bond motifs is 1. The number of halogens is 1. The molecule has 0 aliphatic heterocycles. The van der Waals surface area contributed by atoms with Crippen molar-refractivity contribution in [3.63, 3.8) is 0 Å². The highest BCUT2D eigenvalue weighted by Crippen LogP contribution is 2.24. The Hall–Kier alpha value is -1.93. The fourth-order valence-corrected chi connectivity index (χ4v) is 2.86. The normalized spacial score (nSPS) is 11.0. The quantitative estimate of drug-likeness (QED) is 0.645. The summed E-state index contributed by atoms with van der Waals surface area (Å²) in [6, 6.07) is 16.1. The molecule has 0 radical (unpaired) electrons. The molecule has 0 saturated carbocycles. The Morgan fingerprint density at radius 1 is 1.10 bits per heavy atom.